The summed E-state index contributed by atoms with van der Waals surface area (Å²) in [6.07, 6.45) is 0. The highest BCUT2D eigenvalue weighted by atomic mass is 28.4. The summed E-state index contributed by atoms with van der Waals surface area (Å²) in [7, 11) is -2.03. The molecule has 0 radical (unpaired) electrons. The first-order valence-electron chi connectivity index (χ1n) is 11.4. The SMILES string of the molecule is COC(=C(CO[Si](C)(C)C(C)(C)C)C(C)(C)C)c1cccc(O[Si](C)(C)C(C)(C)C)c1. The van der Waals surface area contributed by atoms with Gasteiger partial charge in [-0.1, -0.05) is 74.4 Å². The quantitative estimate of drug-likeness (QED) is 0.299. The monoisotopic (exact) mass is 464 g/mol. The van der Waals surface area contributed by atoms with Crippen molar-refractivity contribution in [1.29, 1.82) is 0 Å². The zero-order chi connectivity index (χ0) is 24.5. The van der Waals surface area contributed by atoms with Crippen LogP contribution in [0.1, 0.15) is 67.9 Å². The fourth-order valence-electron chi connectivity index (χ4n) is 2.66. The highest BCUT2D eigenvalue weighted by Crippen LogP contribution is 2.41. The van der Waals surface area contributed by atoms with Gasteiger partial charge in [-0.2, -0.15) is 0 Å². The molecule has 0 spiro atoms. The molecule has 0 aliphatic rings. The second kappa shape index (κ2) is 9.44. The van der Waals surface area contributed by atoms with Gasteiger partial charge in [0.05, 0.1) is 13.7 Å². The van der Waals surface area contributed by atoms with Gasteiger partial charge < -0.3 is 13.6 Å². The van der Waals surface area contributed by atoms with Gasteiger partial charge in [0, 0.05) is 11.1 Å². The Morgan fingerprint density at radius 3 is 1.74 bits per heavy atom. The maximum atomic E-state index is 6.62. The van der Waals surface area contributed by atoms with E-state index in [0.717, 1.165) is 17.1 Å². The van der Waals surface area contributed by atoms with E-state index in [1.807, 2.05) is 0 Å². The second-order valence-corrected chi connectivity index (χ2v) is 22.2. The zero-order valence-corrected chi connectivity index (χ0v) is 24.7. The van der Waals surface area contributed by atoms with E-state index in [1.54, 1.807) is 7.11 Å². The van der Waals surface area contributed by atoms with Gasteiger partial charge >= 0.3 is 0 Å². The molecule has 0 atom stereocenters. The first-order valence-corrected chi connectivity index (χ1v) is 17.3. The summed E-state index contributed by atoms with van der Waals surface area (Å²) in [5.74, 6) is 1.81. The lowest BCUT2D eigenvalue weighted by Crippen LogP contribution is -2.43. The summed E-state index contributed by atoms with van der Waals surface area (Å²) in [5.41, 5.74) is 2.15. The van der Waals surface area contributed by atoms with Crippen LogP contribution < -0.4 is 4.43 Å². The topological polar surface area (TPSA) is 27.7 Å². The first-order chi connectivity index (χ1) is 13.7. The van der Waals surface area contributed by atoms with E-state index < -0.39 is 16.6 Å². The first kappa shape index (κ1) is 28.0. The van der Waals surface area contributed by atoms with Crippen molar-refractivity contribution >= 4 is 22.4 Å². The molecule has 1 aromatic carbocycles. The Labute approximate surface area is 194 Å². The largest absolute Gasteiger partial charge is 0.543 e. The van der Waals surface area contributed by atoms with Crippen LogP contribution >= 0.6 is 0 Å². The van der Waals surface area contributed by atoms with Crippen LogP contribution in [0.4, 0.5) is 0 Å². The summed E-state index contributed by atoms with van der Waals surface area (Å²) in [5, 5.41) is 0.316. The Morgan fingerprint density at radius 2 is 1.32 bits per heavy atom. The minimum absolute atomic E-state index is 0.0794. The maximum Gasteiger partial charge on any atom is 0.250 e. The highest BCUT2D eigenvalue weighted by Gasteiger charge is 2.40. The van der Waals surface area contributed by atoms with Crippen molar-refractivity contribution in [3.63, 3.8) is 0 Å². The van der Waals surface area contributed by atoms with Gasteiger partial charge in [-0.05, 0) is 53.8 Å². The molecule has 3 nitrogen and oxygen atoms in total. The molecule has 0 saturated heterocycles. The summed E-state index contributed by atoms with van der Waals surface area (Å²) in [4.78, 5) is 0. The van der Waals surface area contributed by atoms with Crippen molar-refractivity contribution in [3.05, 3.63) is 35.4 Å². The number of methoxy groups -OCH3 is 1. The molecular weight excluding hydrogens is 416 g/mol. The third-order valence-electron chi connectivity index (χ3n) is 7.04. The number of hydrogen-bond donors (Lipinski definition) is 0. The van der Waals surface area contributed by atoms with Gasteiger partial charge in [0.15, 0.2) is 8.32 Å². The molecule has 0 heterocycles. The third kappa shape index (κ3) is 7.23. The minimum Gasteiger partial charge on any atom is -0.543 e. The lowest BCUT2D eigenvalue weighted by atomic mass is 9.84. The summed E-state index contributed by atoms with van der Waals surface area (Å²) in [6.45, 7) is 30.0. The predicted molar refractivity (Wildman–Crippen MR) is 141 cm³/mol. The van der Waals surface area contributed by atoms with Crippen molar-refractivity contribution < 1.29 is 13.6 Å². The average molecular weight is 465 g/mol. The van der Waals surface area contributed by atoms with Crippen molar-refractivity contribution in [1.82, 2.24) is 0 Å². The van der Waals surface area contributed by atoms with Gasteiger partial charge in [-0.3, -0.25) is 0 Å². The van der Waals surface area contributed by atoms with Crippen LogP contribution in [0.25, 0.3) is 5.76 Å². The van der Waals surface area contributed by atoms with E-state index in [4.69, 9.17) is 13.6 Å². The average Bonchev–Trinajstić information content (AvgIpc) is 2.55. The van der Waals surface area contributed by atoms with Crippen LogP contribution in [0.15, 0.2) is 29.8 Å². The van der Waals surface area contributed by atoms with Crippen LogP contribution in [0.2, 0.25) is 36.3 Å². The summed E-state index contributed by atoms with van der Waals surface area (Å²) < 4.78 is 19.2. The Bertz CT molecular complexity index is 773. The summed E-state index contributed by atoms with van der Waals surface area (Å²) >= 11 is 0. The fraction of sp³-hybridized carbons (Fsp3) is 0.692. The van der Waals surface area contributed by atoms with Gasteiger partial charge in [0.1, 0.15) is 11.5 Å². The molecule has 0 N–H and O–H groups in total. The van der Waals surface area contributed by atoms with E-state index in [-0.39, 0.29) is 15.5 Å². The molecule has 0 aliphatic heterocycles. The standard InChI is InChI=1S/C26H48O3Si2/c1-24(2,3)22(19-28-30(11,12)25(4,5)6)23(27-10)20-16-15-17-21(18-20)29-31(13,14)26(7,8)9/h15-18H,19H2,1-14H3. The Hall–Kier alpha value is -1.05. The molecule has 0 saturated carbocycles. The van der Waals surface area contributed by atoms with Crippen molar-refractivity contribution in [2.24, 2.45) is 5.41 Å². The number of hydrogen-bond acceptors (Lipinski definition) is 3. The van der Waals surface area contributed by atoms with E-state index in [1.165, 1.54) is 5.57 Å². The number of benzene rings is 1. The van der Waals surface area contributed by atoms with E-state index in [2.05, 4.69) is 113 Å². The fourth-order valence-corrected chi connectivity index (χ4v) is 4.62. The lowest BCUT2D eigenvalue weighted by Gasteiger charge is -2.38. The molecule has 1 rings (SSSR count). The summed E-state index contributed by atoms with van der Waals surface area (Å²) in [6, 6.07) is 8.35. The molecule has 0 fully saturated rings. The smallest absolute Gasteiger partial charge is 0.250 e. The molecule has 178 valence electrons. The molecule has 0 bridgehead atoms. The Balaban J connectivity index is 3.42. The molecule has 31 heavy (non-hydrogen) atoms. The van der Waals surface area contributed by atoms with Crippen LogP contribution in [0, 0.1) is 5.41 Å². The second-order valence-electron chi connectivity index (χ2n) is 12.7. The number of ether oxygens (including phenoxy) is 1. The van der Waals surface area contributed by atoms with Crippen LogP contribution in [-0.4, -0.2) is 30.4 Å². The van der Waals surface area contributed by atoms with Gasteiger partial charge in [-0.15, -0.1) is 0 Å². The van der Waals surface area contributed by atoms with Crippen molar-refractivity contribution in [2.75, 3.05) is 13.7 Å². The molecular formula is C26H48O3Si2. The van der Waals surface area contributed by atoms with E-state index in [9.17, 15) is 0 Å². The maximum absolute atomic E-state index is 6.62. The molecule has 0 unspecified atom stereocenters. The molecule has 1 aromatic rings. The third-order valence-corrected chi connectivity index (χ3v) is 15.9. The normalized spacial score (nSPS) is 14.9. The van der Waals surface area contributed by atoms with Crippen molar-refractivity contribution in [3.8, 4) is 5.75 Å². The Morgan fingerprint density at radius 1 is 0.806 bits per heavy atom. The highest BCUT2D eigenvalue weighted by molar-refractivity contribution is 6.75. The van der Waals surface area contributed by atoms with Gasteiger partial charge in [0.2, 0.25) is 8.32 Å². The van der Waals surface area contributed by atoms with E-state index >= 15 is 0 Å². The van der Waals surface area contributed by atoms with Crippen LogP contribution in [0.3, 0.4) is 0 Å². The zero-order valence-electron chi connectivity index (χ0n) is 22.7. The Kier molecular flexibility index (Phi) is 8.52. The predicted octanol–water partition coefficient (Wildman–Crippen LogP) is 8.50. The molecule has 0 aromatic heterocycles. The lowest BCUT2D eigenvalue weighted by molar-refractivity contribution is 0.276. The van der Waals surface area contributed by atoms with Gasteiger partial charge in [-0.25, -0.2) is 0 Å². The molecule has 0 aliphatic carbocycles. The van der Waals surface area contributed by atoms with Crippen LogP contribution in [-0.2, 0) is 9.16 Å². The van der Waals surface area contributed by atoms with Gasteiger partial charge in [0.25, 0.3) is 0 Å². The van der Waals surface area contributed by atoms with Crippen molar-refractivity contribution in [2.45, 2.75) is 98.6 Å². The minimum atomic E-state index is -1.91. The molecule has 5 heteroatoms. The number of rotatable bonds is 7. The van der Waals surface area contributed by atoms with Crippen LogP contribution in [0.5, 0.6) is 5.75 Å². The van der Waals surface area contributed by atoms with E-state index in [0.29, 0.717) is 6.61 Å². The molecule has 0 amide bonds.